The second-order valence-corrected chi connectivity index (χ2v) is 8.79. The van der Waals surface area contributed by atoms with Gasteiger partial charge >= 0.3 is 0 Å². The minimum atomic E-state index is 0.555. The Labute approximate surface area is 124 Å². The Balaban J connectivity index is 1.72. The van der Waals surface area contributed by atoms with Gasteiger partial charge in [0.15, 0.2) is 0 Å². The van der Waals surface area contributed by atoms with Crippen LogP contribution in [0.5, 0.6) is 0 Å². The first-order valence-corrected chi connectivity index (χ1v) is 9.52. The third kappa shape index (κ3) is 3.69. The van der Waals surface area contributed by atoms with E-state index >= 15 is 0 Å². The summed E-state index contributed by atoms with van der Waals surface area (Å²) in [4.78, 5) is 0. The van der Waals surface area contributed by atoms with Crippen molar-refractivity contribution in [1.82, 2.24) is 5.32 Å². The van der Waals surface area contributed by atoms with Gasteiger partial charge in [0.2, 0.25) is 0 Å². The molecule has 0 radical (unpaired) electrons. The SMILES string of the molecule is CCC(C)(C)C1CCC(NCC2(SC)CCC2)CC1. The molecule has 0 spiro atoms. The summed E-state index contributed by atoms with van der Waals surface area (Å²) in [6.45, 7) is 8.52. The molecule has 2 saturated carbocycles. The molecule has 2 aliphatic rings. The molecule has 0 aromatic heterocycles. The predicted molar refractivity (Wildman–Crippen MR) is 87.9 cm³/mol. The summed E-state index contributed by atoms with van der Waals surface area (Å²) >= 11 is 2.09. The molecule has 0 unspecified atom stereocenters. The van der Waals surface area contributed by atoms with Gasteiger partial charge < -0.3 is 5.32 Å². The normalized spacial score (nSPS) is 30.9. The molecule has 19 heavy (non-hydrogen) atoms. The zero-order chi connectivity index (χ0) is 13.9. The van der Waals surface area contributed by atoms with Crippen LogP contribution in [0.15, 0.2) is 0 Å². The van der Waals surface area contributed by atoms with Gasteiger partial charge in [0, 0.05) is 17.3 Å². The molecule has 2 fully saturated rings. The van der Waals surface area contributed by atoms with Gasteiger partial charge in [-0.2, -0.15) is 11.8 Å². The summed E-state index contributed by atoms with van der Waals surface area (Å²) in [7, 11) is 0. The van der Waals surface area contributed by atoms with E-state index in [1.165, 1.54) is 57.9 Å². The van der Waals surface area contributed by atoms with Crippen LogP contribution in [0, 0.1) is 11.3 Å². The van der Waals surface area contributed by atoms with E-state index in [-0.39, 0.29) is 0 Å². The molecule has 1 N–H and O–H groups in total. The molecule has 0 amide bonds. The third-order valence-electron chi connectivity index (χ3n) is 6.15. The van der Waals surface area contributed by atoms with Crippen molar-refractivity contribution in [2.75, 3.05) is 12.8 Å². The van der Waals surface area contributed by atoms with E-state index in [9.17, 15) is 0 Å². The van der Waals surface area contributed by atoms with Gasteiger partial charge in [-0.3, -0.25) is 0 Å². The lowest BCUT2D eigenvalue weighted by molar-refractivity contribution is 0.135. The molecule has 0 saturated heterocycles. The van der Waals surface area contributed by atoms with Crippen molar-refractivity contribution in [3.8, 4) is 0 Å². The van der Waals surface area contributed by atoms with E-state index in [0.29, 0.717) is 10.2 Å². The highest BCUT2D eigenvalue weighted by Crippen LogP contribution is 2.43. The van der Waals surface area contributed by atoms with Crippen molar-refractivity contribution in [2.24, 2.45) is 11.3 Å². The summed E-state index contributed by atoms with van der Waals surface area (Å²) in [6.07, 6.45) is 13.6. The van der Waals surface area contributed by atoms with Gasteiger partial charge in [-0.15, -0.1) is 0 Å². The number of hydrogen-bond donors (Lipinski definition) is 1. The van der Waals surface area contributed by atoms with E-state index in [2.05, 4.69) is 44.1 Å². The fourth-order valence-corrected chi connectivity index (χ4v) is 4.65. The molecule has 2 heteroatoms. The minimum absolute atomic E-state index is 0.555. The van der Waals surface area contributed by atoms with E-state index in [0.717, 1.165) is 12.0 Å². The molecule has 0 aliphatic heterocycles. The Kier molecular flexibility index (Phi) is 5.28. The zero-order valence-corrected chi connectivity index (χ0v) is 14.2. The zero-order valence-electron chi connectivity index (χ0n) is 13.4. The standard InChI is InChI=1S/C17H33NS/c1-5-16(2,3)14-7-9-15(10-8-14)18-13-17(19-4)11-6-12-17/h14-15,18H,5-13H2,1-4H3. The fraction of sp³-hybridized carbons (Fsp3) is 1.00. The maximum Gasteiger partial charge on any atom is 0.0281 e. The van der Waals surface area contributed by atoms with Gasteiger partial charge in [0.1, 0.15) is 0 Å². The maximum absolute atomic E-state index is 3.88. The molecule has 0 aromatic rings. The van der Waals surface area contributed by atoms with Crippen LogP contribution in [0.3, 0.4) is 0 Å². The average Bonchev–Trinajstić information content (AvgIpc) is 2.38. The number of thioether (sulfide) groups is 1. The minimum Gasteiger partial charge on any atom is -0.313 e. The Morgan fingerprint density at radius 1 is 1.16 bits per heavy atom. The van der Waals surface area contributed by atoms with Crippen molar-refractivity contribution in [2.45, 2.75) is 82.9 Å². The van der Waals surface area contributed by atoms with E-state index in [4.69, 9.17) is 0 Å². The first kappa shape index (κ1) is 15.7. The molecule has 2 aliphatic carbocycles. The first-order valence-electron chi connectivity index (χ1n) is 8.30. The summed E-state index contributed by atoms with van der Waals surface area (Å²) in [5.74, 6) is 0.953. The van der Waals surface area contributed by atoms with Gasteiger partial charge in [0.05, 0.1) is 0 Å². The molecule has 0 atom stereocenters. The monoisotopic (exact) mass is 283 g/mol. The van der Waals surface area contributed by atoms with Gasteiger partial charge in [-0.25, -0.2) is 0 Å². The summed E-state index contributed by atoms with van der Waals surface area (Å²) in [6, 6.07) is 0.800. The van der Waals surface area contributed by atoms with Crippen molar-refractivity contribution >= 4 is 11.8 Å². The van der Waals surface area contributed by atoms with Crippen LogP contribution in [-0.4, -0.2) is 23.6 Å². The maximum atomic E-state index is 3.88. The average molecular weight is 284 g/mol. The topological polar surface area (TPSA) is 12.0 Å². The van der Waals surface area contributed by atoms with E-state index in [1.54, 1.807) is 0 Å². The lowest BCUT2D eigenvalue weighted by atomic mass is 9.69. The lowest BCUT2D eigenvalue weighted by Crippen LogP contribution is -2.47. The largest absolute Gasteiger partial charge is 0.313 e. The van der Waals surface area contributed by atoms with Crippen LogP contribution < -0.4 is 5.32 Å². The number of nitrogens with one attached hydrogen (secondary N) is 1. The summed E-state index contributed by atoms with van der Waals surface area (Å²) in [5.41, 5.74) is 0.555. The second kappa shape index (κ2) is 6.39. The Hall–Kier alpha value is 0.310. The van der Waals surface area contributed by atoms with E-state index < -0.39 is 0 Å². The van der Waals surface area contributed by atoms with Gasteiger partial charge in [0.25, 0.3) is 0 Å². The highest BCUT2D eigenvalue weighted by Gasteiger charge is 2.37. The van der Waals surface area contributed by atoms with Crippen LogP contribution in [0.1, 0.15) is 72.1 Å². The molecular weight excluding hydrogens is 250 g/mol. The van der Waals surface area contributed by atoms with Crippen LogP contribution in [0.2, 0.25) is 0 Å². The summed E-state index contributed by atoms with van der Waals surface area (Å²) in [5, 5.41) is 3.88. The van der Waals surface area contributed by atoms with Crippen molar-refractivity contribution < 1.29 is 0 Å². The predicted octanol–water partition coefficient (Wildman–Crippen LogP) is 4.86. The summed E-state index contributed by atoms with van der Waals surface area (Å²) < 4.78 is 0.597. The second-order valence-electron chi connectivity index (χ2n) is 7.51. The Morgan fingerprint density at radius 2 is 1.79 bits per heavy atom. The van der Waals surface area contributed by atoms with Crippen molar-refractivity contribution in [3.05, 3.63) is 0 Å². The quantitative estimate of drug-likeness (QED) is 0.747. The molecule has 0 bridgehead atoms. The molecule has 2 rings (SSSR count). The van der Waals surface area contributed by atoms with Crippen LogP contribution >= 0.6 is 11.8 Å². The van der Waals surface area contributed by atoms with Gasteiger partial charge in [-0.1, -0.05) is 33.6 Å². The first-order chi connectivity index (χ1) is 9.01. The van der Waals surface area contributed by atoms with Crippen molar-refractivity contribution in [3.63, 3.8) is 0 Å². The fourth-order valence-electron chi connectivity index (χ4n) is 3.72. The van der Waals surface area contributed by atoms with E-state index in [1.807, 2.05) is 0 Å². The van der Waals surface area contributed by atoms with Crippen LogP contribution in [0.4, 0.5) is 0 Å². The highest BCUT2D eigenvalue weighted by atomic mass is 32.2. The van der Waals surface area contributed by atoms with Gasteiger partial charge in [-0.05, 0) is 56.1 Å². The Morgan fingerprint density at radius 3 is 2.21 bits per heavy atom. The highest BCUT2D eigenvalue weighted by molar-refractivity contribution is 8.00. The number of rotatable bonds is 6. The molecule has 0 heterocycles. The van der Waals surface area contributed by atoms with Crippen molar-refractivity contribution in [1.29, 1.82) is 0 Å². The number of hydrogen-bond acceptors (Lipinski definition) is 2. The lowest BCUT2D eigenvalue weighted by Gasteiger charge is -2.43. The molecular formula is C17H33NS. The molecule has 112 valence electrons. The van der Waals surface area contributed by atoms with Crippen LogP contribution in [-0.2, 0) is 0 Å². The molecule has 0 aromatic carbocycles. The van der Waals surface area contributed by atoms with Crippen LogP contribution in [0.25, 0.3) is 0 Å². The third-order valence-corrected chi connectivity index (χ3v) is 7.57. The molecule has 1 nitrogen and oxygen atoms in total. The smallest absolute Gasteiger partial charge is 0.0281 e. The Bertz CT molecular complexity index is 269.